The van der Waals surface area contributed by atoms with Gasteiger partial charge in [-0.05, 0) is 29.8 Å². The Labute approximate surface area is 130 Å². The van der Waals surface area contributed by atoms with Gasteiger partial charge in [-0.1, -0.05) is 17.7 Å². The maximum absolute atomic E-state index is 11.0. The van der Waals surface area contributed by atoms with E-state index in [1.165, 1.54) is 18.2 Å². The van der Waals surface area contributed by atoms with E-state index < -0.39 is 4.92 Å². The van der Waals surface area contributed by atoms with E-state index in [4.69, 9.17) is 33.2 Å². The molecule has 7 heteroatoms. The van der Waals surface area contributed by atoms with Gasteiger partial charge in [-0.25, -0.2) is 0 Å². The summed E-state index contributed by atoms with van der Waals surface area (Å²) in [6.07, 6.45) is 0. The van der Waals surface area contributed by atoms with Crippen molar-refractivity contribution in [1.82, 2.24) is 0 Å². The van der Waals surface area contributed by atoms with E-state index in [0.29, 0.717) is 10.8 Å². The Morgan fingerprint density at radius 2 is 2.05 bits per heavy atom. The van der Waals surface area contributed by atoms with Gasteiger partial charge >= 0.3 is 5.69 Å². The Morgan fingerprint density at radius 3 is 2.62 bits per heavy atom. The molecule has 0 aliphatic heterocycles. The van der Waals surface area contributed by atoms with Gasteiger partial charge in [-0.3, -0.25) is 10.1 Å². The first kappa shape index (κ1) is 15.1. The Bertz CT molecular complexity index is 741. The van der Waals surface area contributed by atoms with Crippen LogP contribution in [-0.2, 0) is 5.88 Å². The standard InChI is InChI=1S/C14H8Cl2N2O3/c15-7-10-2-3-11(6-12(10)16)21-14-4-1-9(8-17)5-13(14)18(19)20/h1-6H,7H2. The second-order valence-corrected chi connectivity index (χ2v) is 4.71. The summed E-state index contributed by atoms with van der Waals surface area (Å²) < 4.78 is 5.47. The minimum Gasteiger partial charge on any atom is -0.450 e. The Balaban J connectivity index is 2.37. The van der Waals surface area contributed by atoms with Gasteiger partial charge in [0.2, 0.25) is 5.75 Å². The van der Waals surface area contributed by atoms with E-state index in [0.717, 1.165) is 11.6 Å². The molecule has 0 heterocycles. The zero-order valence-corrected chi connectivity index (χ0v) is 12.1. The fourth-order valence-electron chi connectivity index (χ4n) is 1.64. The molecule has 0 aliphatic rings. The van der Waals surface area contributed by atoms with Crippen LogP contribution in [-0.4, -0.2) is 4.92 Å². The molecular formula is C14H8Cl2N2O3. The largest absolute Gasteiger partial charge is 0.450 e. The molecule has 0 fully saturated rings. The predicted octanol–water partition coefficient (Wildman–Crippen LogP) is 4.65. The molecule has 0 saturated carbocycles. The quantitative estimate of drug-likeness (QED) is 0.466. The lowest BCUT2D eigenvalue weighted by Gasteiger charge is -2.08. The second-order valence-electron chi connectivity index (χ2n) is 4.04. The molecule has 0 unspecified atom stereocenters. The third kappa shape index (κ3) is 3.43. The molecule has 2 rings (SSSR count). The third-order valence-electron chi connectivity index (χ3n) is 2.68. The fourth-order valence-corrected chi connectivity index (χ4v) is 2.18. The van der Waals surface area contributed by atoms with Crippen molar-refractivity contribution in [3.8, 4) is 17.6 Å². The molecule has 0 atom stereocenters. The van der Waals surface area contributed by atoms with Crippen molar-refractivity contribution >= 4 is 28.9 Å². The monoisotopic (exact) mass is 322 g/mol. The average molecular weight is 323 g/mol. The van der Waals surface area contributed by atoms with E-state index in [9.17, 15) is 10.1 Å². The van der Waals surface area contributed by atoms with E-state index in [1.807, 2.05) is 6.07 Å². The summed E-state index contributed by atoms with van der Waals surface area (Å²) in [4.78, 5) is 10.4. The molecule has 0 amide bonds. The molecule has 0 bridgehead atoms. The van der Waals surface area contributed by atoms with Crippen molar-refractivity contribution in [3.63, 3.8) is 0 Å². The molecule has 106 valence electrons. The number of rotatable bonds is 4. The summed E-state index contributed by atoms with van der Waals surface area (Å²) in [6, 6.07) is 10.6. The third-order valence-corrected chi connectivity index (χ3v) is 3.32. The number of nitro benzene ring substituents is 1. The highest BCUT2D eigenvalue weighted by Gasteiger charge is 2.17. The summed E-state index contributed by atoms with van der Waals surface area (Å²) in [7, 11) is 0. The van der Waals surface area contributed by atoms with Crippen LogP contribution >= 0.6 is 23.2 Å². The summed E-state index contributed by atoms with van der Waals surface area (Å²) >= 11 is 11.7. The van der Waals surface area contributed by atoms with Crippen molar-refractivity contribution in [2.75, 3.05) is 0 Å². The molecule has 0 aromatic heterocycles. The van der Waals surface area contributed by atoms with E-state index >= 15 is 0 Å². The lowest BCUT2D eigenvalue weighted by Crippen LogP contribution is -1.94. The highest BCUT2D eigenvalue weighted by molar-refractivity contribution is 6.32. The minimum atomic E-state index is -0.606. The van der Waals surface area contributed by atoms with Crippen LogP contribution in [0.3, 0.4) is 0 Å². The predicted molar refractivity (Wildman–Crippen MR) is 78.9 cm³/mol. The van der Waals surface area contributed by atoms with Crippen LogP contribution in [0.5, 0.6) is 11.5 Å². The van der Waals surface area contributed by atoms with Crippen molar-refractivity contribution in [2.24, 2.45) is 0 Å². The second kappa shape index (κ2) is 6.44. The first-order chi connectivity index (χ1) is 10.0. The van der Waals surface area contributed by atoms with E-state index in [2.05, 4.69) is 0 Å². The van der Waals surface area contributed by atoms with Crippen LogP contribution in [0.25, 0.3) is 0 Å². The number of nitrogens with zero attached hydrogens (tertiary/aromatic N) is 2. The van der Waals surface area contributed by atoms with Gasteiger partial charge in [0.05, 0.1) is 16.6 Å². The fraction of sp³-hybridized carbons (Fsp3) is 0.0714. The number of nitriles is 1. The van der Waals surface area contributed by atoms with Crippen molar-refractivity contribution < 1.29 is 9.66 Å². The maximum Gasteiger partial charge on any atom is 0.312 e. The van der Waals surface area contributed by atoms with Crippen LogP contribution < -0.4 is 4.74 Å². The number of hydrogen-bond acceptors (Lipinski definition) is 4. The maximum atomic E-state index is 11.0. The van der Waals surface area contributed by atoms with Gasteiger partial charge in [-0.2, -0.15) is 5.26 Å². The summed E-state index contributed by atoms with van der Waals surface area (Å²) in [6.45, 7) is 0. The van der Waals surface area contributed by atoms with Crippen LogP contribution in [0, 0.1) is 21.4 Å². The molecule has 0 saturated heterocycles. The average Bonchev–Trinajstić information content (AvgIpc) is 2.47. The molecule has 0 spiro atoms. The molecule has 21 heavy (non-hydrogen) atoms. The van der Waals surface area contributed by atoms with Crippen LogP contribution in [0.4, 0.5) is 5.69 Å². The van der Waals surface area contributed by atoms with Crippen molar-refractivity contribution in [1.29, 1.82) is 5.26 Å². The highest BCUT2D eigenvalue weighted by Crippen LogP contribution is 2.33. The van der Waals surface area contributed by atoms with E-state index in [-0.39, 0.29) is 22.9 Å². The zero-order chi connectivity index (χ0) is 15.4. The first-order valence-corrected chi connectivity index (χ1v) is 6.67. The normalized spacial score (nSPS) is 9.95. The molecule has 2 aromatic rings. The van der Waals surface area contributed by atoms with E-state index in [1.54, 1.807) is 12.1 Å². The summed E-state index contributed by atoms with van der Waals surface area (Å²) in [5.41, 5.74) is 0.635. The number of alkyl halides is 1. The zero-order valence-electron chi connectivity index (χ0n) is 10.5. The Morgan fingerprint density at radius 1 is 1.29 bits per heavy atom. The van der Waals surface area contributed by atoms with Gasteiger partial charge in [0.15, 0.2) is 0 Å². The first-order valence-electron chi connectivity index (χ1n) is 5.76. The molecule has 5 nitrogen and oxygen atoms in total. The van der Waals surface area contributed by atoms with Gasteiger partial charge in [-0.15, -0.1) is 11.6 Å². The highest BCUT2D eigenvalue weighted by atomic mass is 35.5. The number of ether oxygens (including phenoxy) is 1. The van der Waals surface area contributed by atoms with Gasteiger partial charge < -0.3 is 4.74 Å². The Kier molecular flexibility index (Phi) is 4.63. The van der Waals surface area contributed by atoms with Crippen LogP contribution in [0.2, 0.25) is 5.02 Å². The van der Waals surface area contributed by atoms with Crippen molar-refractivity contribution in [3.05, 3.63) is 62.7 Å². The number of nitro groups is 1. The SMILES string of the molecule is N#Cc1ccc(Oc2ccc(CCl)c(Cl)c2)c([N+](=O)[O-])c1. The van der Waals surface area contributed by atoms with Gasteiger partial charge in [0, 0.05) is 17.0 Å². The number of benzene rings is 2. The number of hydrogen-bond donors (Lipinski definition) is 0. The molecule has 0 N–H and O–H groups in total. The van der Waals surface area contributed by atoms with Crippen LogP contribution in [0.15, 0.2) is 36.4 Å². The summed E-state index contributed by atoms with van der Waals surface area (Å²) in [5.74, 6) is 0.645. The minimum absolute atomic E-state index is 0.0358. The van der Waals surface area contributed by atoms with Gasteiger partial charge in [0.25, 0.3) is 0 Å². The van der Waals surface area contributed by atoms with Gasteiger partial charge in [0.1, 0.15) is 5.75 Å². The lowest BCUT2D eigenvalue weighted by molar-refractivity contribution is -0.385. The topological polar surface area (TPSA) is 76.2 Å². The molecule has 0 radical (unpaired) electrons. The number of halogens is 2. The Hall–Kier alpha value is -2.29. The lowest BCUT2D eigenvalue weighted by atomic mass is 10.2. The van der Waals surface area contributed by atoms with Crippen LogP contribution in [0.1, 0.15) is 11.1 Å². The molecule has 2 aromatic carbocycles. The van der Waals surface area contributed by atoms with Crippen molar-refractivity contribution in [2.45, 2.75) is 5.88 Å². The molecule has 0 aliphatic carbocycles. The molecular weight excluding hydrogens is 315 g/mol. The summed E-state index contributed by atoms with van der Waals surface area (Å²) in [5, 5.41) is 20.2. The smallest absolute Gasteiger partial charge is 0.312 e.